The summed E-state index contributed by atoms with van der Waals surface area (Å²) in [5.41, 5.74) is 7.29. The molecule has 2 N–H and O–H groups in total. The van der Waals surface area contributed by atoms with Gasteiger partial charge in [-0.05, 0) is 42.7 Å². The van der Waals surface area contributed by atoms with Crippen molar-refractivity contribution in [1.29, 1.82) is 0 Å². The Morgan fingerprint density at radius 2 is 1.56 bits per heavy atom. The van der Waals surface area contributed by atoms with E-state index in [1.807, 2.05) is 32.0 Å². The van der Waals surface area contributed by atoms with Gasteiger partial charge >= 0.3 is 0 Å². The average molecular weight is 390 g/mol. The second kappa shape index (κ2) is 8.68. The maximum Gasteiger partial charge on any atom is 0.276 e. The molecular formula is C19H22N2O5S. The standard InChI is InChI=1S/C19H22N2O5S/c1-13-5-4-6-14(2)18(13)26-11-17(22)20-21-19(23)16-9-7-15(8-10-16)12-27(3,24)25/h4-10H,11-12H2,1-3H3,(H,20,22)(H,21,23). The molecule has 0 bridgehead atoms. The maximum absolute atomic E-state index is 12.0. The second-order valence-electron chi connectivity index (χ2n) is 6.28. The zero-order valence-corrected chi connectivity index (χ0v) is 16.2. The number of hydrogen-bond acceptors (Lipinski definition) is 5. The summed E-state index contributed by atoms with van der Waals surface area (Å²) in [5, 5.41) is 0. The van der Waals surface area contributed by atoms with E-state index in [1.54, 1.807) is 12.1 Å². The molecule has 0 atom stereocenters. The third-order valence-electron chi connectivity index (χ3n) is 3.72. The van der Waals surface area contributed by atoms with E-state index < -0.39 is 21.7 Å². The first-order chi connectivity index (χ1) is 12.7. The van der Waals surface area contributed by atoms with Crippen LogP contribution < -0.4 is 15.6 Å². The molecule has 2 amide bonds. The van der Waals surface area contributed by atoms with E-state index in [2.05, 4.69) is 10.9 Å². The lowest BCUT2D eigenvalue weighted by Gasteiger charge is -2.12. The number of ether oxygens (including phenoxy) is 1. The summed E-state index contributed by atoms with van der Waals surface area (Å²) < 4.78 is 28.0. The highest BCUT2D eigenvalue weighted by Crippen LogP contribution is 2.21. The molecule has 0 saturated carbocycles. The molecule has 0 radical (unpaired) electrons. The van der Waals surface area contributed by atoms with Crippen LogP contribution in [0.1, 0.15) is 27.0 Å². The van der Waals surface area contributed by atoms with Crippen molar-refractivity contribution in [3.8, 4) is 5.75 Å². The summed E-state index contributed by atoms with van der Waals surface area (Å²) in [6, 6.07) is 11.8. The van der Waals surface area contributed by atoms with Crippen molar-refractivity contribution >= 4 is 21.7 Å². The van der Waals surface area contributed by atoms with Gasteiger partial charge in [0.2, 0.25) is 0 Å². The summed E-state index contributed by atoms with van der Waals surface area (Å²) in [6.45, 7) is 3.53. The van der Waals surface area contributed by atoms with E-state index >= 15 is 0 Å². The van der Waals surface area contributed by atoms with Crippen LogP contribution >= 0.6 is 0 Å². The first-order valence-electron chi connectivity index (χ1n) is 8.20. The normalized spacial score (nSPS) is 10.9. The number of carbonyl (C=O) groups is 2. The molecule has 0 aliphatic rings. The number of sulfone groups is 1. The second-order valence-corrected chi connectivity index (χ2v) is 8.42. The van der Waals surface area contributed by atoms with Gasteiger partial charge in [-0.25, -0.2) is 8.42 Å². The maximum atomic E-state index is 12.0. The molecule has 0 heterocycles. The molecule has 0 unspecified atom stereocenters. The minimum absolute atomic E-state index is 0.0959. The number of hydrazine groups is 1. The SMILES string of the molecule is Cc1cccc(C)c1OCC(=O)NNC(=O)c1ccc(CS(C)(=O)=O)cc1. The van der Waals surface area contributed by atoms with Crippen LogP contribution in [0.5, 0.6) is 5.75 Å². The van der Waals surface area contributed by atoms with Crippen molar-refractivity contribution < 1.29 is 22.7 Å². The van der Waals surface area contributed by atoms with Crippen LogP contribution in [0.2, 0.25) is 0 Å². The van der Waals surface area contributed by atoms with Crippen LogP contribution in [0, 0.1) is 13.8 Å². The van der Waals surface area contributed by atoms with Gasteiger partial charge in [0.15, 0.2) is 16.4 Å². The largest absolute Gasteiger partial charge is 0.483 e. The van der Waals surface area contributed by atoms with Gasteiger partial charge in [-0.1, -0.05) is 30.3 Å². The minimum Gasteiger partial charge on any atom is -0.483 e. The van der Waals surface area contributed by atoms with Crippen LogP contribution in [0.3, 0.4) is 0 Å². The molecule has 2 aromatic rings. The number of aryl methyl sites for hydroxylation is 2. The number of benzene rings is 2. The monoisotopic (exact) mass is 390 g/mol. The molecule has 0 spiro atoms. The molecule has 0 aliphatic carbocycles. The van der Waals surface area contributed by atoms with Gasteiger partial charge in [-0.2, -0.15) is 0 Å². The lowest BCUT2D eigenvalue weighted by atomic mass is 10.1. The fraction of sp³-hybridized carbons (Fsp3) is 0.263. The van der Waals surface area contributed by atoms with Crippen LogP contribution in [0.4, 0.5) is 0 Å². The summed E-state index contributed by atoms with van der Waals surface area (Å²) in [7, 11) is -3.14. The Morgan fingerprint density at radius 1 is 0.963 bits per heavy atom. The predicted octanol–water partition coefficient (Wildman–Crippen LogP) is 1.69. The van der Waals surface area contributed by atoms with E-state index in [0.717, 1.165) is 17.4 Å². The van der Waals surface area contributed by atoms with Gasteiger partial charge in [0.05, 0.1) is 5.75 Å². The first kappa shape index (κ1) is 20.4. The summed E-state index contributed by atoms with van der Waals surface area (Å²) in [6.07, 6.45) is 1.14. The van der Waals surface area contributed by atoms with E-state index in [4.69, 9.17) is 4.74 Å². The Bertz CT molecular complexity index is 917. The number of rotatable bonds is 6. The van der Waals surface area contributed by atoms with Gasteiger partial charge in [-0.15, -0.1) is 0 Å². The number of amides is 2. The summed E-state index contributed by atoms with van der Waals surface area (Å²) in [4.78, 5) is 23.9. The van der Waals surface area contributed by atoms with Crippen molar-refractivity contribution in [1.82, 2.24) is 10.9 Å². The number of carbonyl (C=O) groups excluding carboxylic acids is 2. The summed E-state index contributed by atoms with van der Waals surface area (Å²) in [5.74, 6) is -0.470. The average Bonchev–Trinajstić information content (AvgIpc) is 2.58. The van der Waals surface area contributed by atoms with Gasteiger partial charge in [0.1, 0.15) is 5.75 Å². The van der Waals surface area contributed by atoms with Gasteiger partial charge < -0.3 is 4.74 Å². The molecule has 0 fully saturated rings. The topological polar surface area (TPSA) is 102 Å². The Hall–Kier alpha value is -2.87. The van der Waals surface area contributed by atoms with Crippen LogP contribution in [-0.2, 0) is 20.4 Å². The Morgan fingerprint density at radius 3 is 2.11 bits per heavy atom. The van der Waals surface area contributed by atoms with Gasteiger partial charge in [0.25, 0.3) is 11.8 Å². The smallest absolute Gasteiger partial charge is 0.276 e. The molecule has 0 saturated heterocycles. The van der Waals surface area contributed by atoms with E-state index in [9.17, 15) is 18.0 Å². The lowest BCUT2D eigenvalue weighted by Crippen LogP contribution is -2.43. The van der Waals surface area contributed by atoms with Crippen molar-refractivity contribution in [2.75, 3.05) is 12.9 Å². The van der Waals surface area contributed by atoms with Gasteiger partial charge in [0, 0.05) is 11.8 Å². The molecular weight excluding hydrogens is 368 g/mol. The molecule has 27 heavy (non-hydrogen) atoms. The third-order valence-corrected chi connectivity index (χ3v) is 4.57. The predicted molar refractivity (Wildman–Crippen MR) is 102 cm³/mol. The number of hydrogen-bond donors (Lipinski definition) is 2. The number of nitrogens with one attached hydrogen (secondary N) is 2. The zero-order chi connectivity index (χ0) is 20.0. The third kappa shape index (κ3) is 6.41. The molecule has 144 valence electrons. The van der Waals surface area contributed by atoms with Crippen LogP contribution in [0.25, 0.3) is 0 Å². The Balaban J connectivity index is 1.85. The van der Waals surface area contributed by atoms with Gasteiger partial charge in [-0.3, -0.25) is 20.4 Å². The summed E-state index contributed by atoms with van der Waals surface area (Å²) >= 11 is 0. The molecule has 8 heteroatoms. The highest BCUT2D eigenvalue weighted by Gasteiger charge is 2.11. The van der Waals surface area contributed by atoms with Crippen LogP contribution in [-0.4, -0.2) is 33.1 Å². The Labute approximate surface area is 158 Å². The van der Waals surface area contributed by atoms with Crippen molar-refractivity contribution in [3.05, 3.63) is 64.7 Å². The lowest BCUT2D eigenvalue weighted by molar-refractivity contribution is -0.123. The van der Waals surface area contributed by atoms with Crippen LogP contribution in [0.15, 0.2) is 42.5 Å². The molecule has 0 aliphatic heterocycles. The quantitative estimate of drug-likeness (QED) is 0.731. The molecule has 7 nitrogen and oxygen atoms in total. The molecule has 2 rings (SSSR count). The van der Waals surface area contributed by atoms with Crippen molar-refractivity contribution in [3.63, 3.8) is 0 Å². The fourth-order valence-electron chi connectivity index (χ4n) is 2.45. The van der Waals surface area contributed by atoms with Crippen molar-refractivity contribution in [2.24, 2.45) is 0 Å². The Kier molecular flexibility index (Phi) is 6.57. The first-order valence-corrected chi connectivity index (χ1v) is 10.3. The highest BCUT2D eigenvalue weighted by atomic mass is 32.2. The highest BCUT2D eigenvalue weighted by molar-refractivity contribution is 7.89. The van der Waals surface area contributed by atoms with E-state index in [0.29, 0.717) is 16.9 Å². The van der Waals surface area contributed by atoms with E-state index in [1.165, 1.54) is 12.1 Å². The molecule has 2 aromatic carbocycles. The number of para-hydroxylation sites is 1. The molecule has 0 aromatic heterocycles. The zero-order valence-electron chi connectivity index (χ0n) is 15.4. The minimum atomic E-state index is -3.14. The fourth-order valence-corrected chi connectivity index (χ4v) is 3.25. The van der Waals surface area contributed by atoms with E-state index in [-0.39, 0.29) is 12.4 Å². The van der Waals surface area contributed by atoms with Crippen molar-refractivity contribution in [2.45, 2.75) is 19.6 Å².